The average Bonchev–Trinajstić information content (AvgIpc) is 2.85. The molecule has 0 heterocycles. The van der Waals surface area contributed by atoms with E-state index in [1.807, 2.05) is 48.5 Å². The molecule has 5 heteroatoms. The number of carbonyl (C=O) groups excluding carboxylic acids is 1. The van der Waals surface area contributed by atoms with Gasteiger partial charge in [0, 0.05) is 11.0 Å². The maximum absolute atomic E-state index is 12.0. The molecule has 4 rings (SSSR count). The van der Waals surface area contributed by atoms with Crippen molar-refractivity contribution in [1.29, 1.82) is 0 Å². The number of phenolic OH excluding ortho intramolecular Hbond substituents is 3. The third-order valence-electron chi connectivity index (χ3n) is 6.03. The zero-order chi connectivity index (χ0) is 25.0. The zero-order valence-electron chi connectivity index (χ0n) is 19.3. The summed E-state index contributed by atoms with van der Waals surface area (Å²) < 4.78 is 5.39. The second kappa shape index (κ2) is 9.77. The van der Waals surface area contributed by atoms with E-state index < -0.39 is 11.4 Å². The summed E-state index contributed by atoms with van der Waals surface area (Å²) in [6.45, 7) is 5.21. The van der Waals surface area contributed by atoms with E-state index in [0.717, 1.165) is 22.3 Å². The Labute approximate surface area is 204 Å². The summed E-state index contributed by atoms with van der Waals surface area (Å²) in [4.78, 5) is 12.0. The lowest BCUT2D eigenvalue weighted by Crippen LogP contribution is -2.32. The van der Waals surface area contributed by atoms with E-state index in [-0.39, 0.29) is 17.2 Å². The number of aromatic hydroxyl groups is 3. The number of esters is 1. The summed E-state index contributed by atoms with van der Waals surface area (Å²) >= 11 is 0. The van der Waals surface area contributed by atoms with E-state index in [1.54, 1.807) is 55.5 Å². The number of rotatable bonds is 7. The highest BCUT2D eigenvalue weighted by Gasteiger charge is 2.37. The van der Waals surface area contributed by atoms with Crippen molar-refractivity contribution in [2.24, 2.45) is 0 Å². The van der Waals surface area contributed by atoms with Gasteiger partial charge in [0.1, 0.15) is 23.0 Å². The Kier molecular flexibility index (Phi) is 6.60. The second-order valence-electron chi connectivity index (χ2n) is 8.54. The molecule has 5 nitrogen and oxygen atoms in total. The molecule has 0 fully saturated rings. The van der Waals surface area contributed by atoms with Gasteiger partial charge in [0.05, 0.1) is 0 Å². The molecule has 0 spiro atoms. The molecule has 35 heavy (non-hydrogen) atoms. The molecule has 0 radical (unpaired) electrons. The molecule has 0 unspecified atom stereocenters. The van der Waals surface area contributed by atoms with E-state index >= 15 is 0 Å². The smallest absolute Gasteiger partial charge is 0.338 e. The van der Waals surface area contributed by atoms with Gasteiger partial charge in [-0.2, -0.15) is 0 Å². The molecule has 4 aromatic rings. The summed E-state index contributed by atoms with van der Waals surface area (Å²) in [5.74, 6) is 0.388. The number of ether oxygens (including phenoxy) is 1. The first-order valence-corrected chi connectivity index (χ1v) is 11.1. The van der Waals surface area contributed by atoms with Crippen molar-refractivity contribution in [3.05, 3.63) is 131 Å². The van der Waals surface area contributed by atoms with Crippen molar-refractivity contribution >= 4 is 5.97 Å². The van der Waals surface area contributed by atoms with Crippen LogP contribution in [0.1, 0.15) is 29.2 Å². The molecule has 0 saturated carbocycles. The first-order valence-electron chi connectivity index (χ1n) is 11.1. The molecule has 176 valence electrons. The minimum atomic E-state index is -0.727. The summed E-state index contributed by atoms with van der Waals surface area (Å²) in [5.41, 5.74) is 3.30. The fourth-order valence-corrected chi connectivity index (χ4v) is 4.22. The van der Waals surface area contributed by atoms with Gasteiger partial charge in [-0.05, 0) is 84.1 Å². The quantitative estimate of drug-likeness (QED) is 0.137. The third-order valence-corrected chi connectivity index (χ3v) is 6.03. The Balaban J connectivity index is 1.92. The van der Waals surface area contributed by atoms with Crippen LogP contribution in [0.4, 0.5) is 0 Å². The van der Waals surface area contributed by atoms with Crippen LogP contribution in [0.3, 0.4) is 0 Å². The van der Waals surface area contributed by atoms with Crippen LogP contribution in [0.25, 0.3) is 0 Å². The summed E-state index contributed by atoms with van der Waals surface area (Å²) in [5, 5.41) is 29.7. The largest absolute Gasteiger partial charge is 0.508 e. The maximum atomic E-state index is 12.0. The van der Waals surface area contributed by atoms with Gasteiger partial charge in [-0.1, -0.05) is 55.1 Å². The lowest BCUT2D eigenvalue weighted by atomic mass is 9.66. The lowest BCUT2D eigenvalue weighted by Gasteiger charge is -2.36. The van der Waals surface area contributed by atoms with Crippen molar-refractivity contribution in [2.45, 2.75) is 18.8 Å². The van der Waals surface area contributed by atoms with Crippen LogP contribution in [-0.2, 0) is 16.6 Å². The van der Waals surface area contributed by atoms with Crippen molar-refractivity contribution < 1.29 is 24.9 Å². The van der Waals surface area contributed by atoms with Gasteiger partial charge in [0.25, 0.3) is 0 Å². The summed E-state index contributed by atoms with van der Waals surface area (Å²) in [6.07, 6.45) is 0.522. The summed E-state index contributed by atoms with van der Waals surface area (Å²) in [6, 6.07) is 28.4. The van der Waals surface area contributed by atoms with Crippen LogP contribution in [0.5, 0.6) is 23.0 Å². The minimum Gasteiger partial charge on any atom is -0.508 e. The SMILES string of the molecule is C=C(C)C(=O)Oc1ccc(C(Cc2ccc(O)cc2)(c2ccc(O)cc2)c2ccc(O)cc2)cc1. The number of benzene rings is 4. The molecule has 0 aliphatic heterocycles. The maximum Gasteiger partial charge on any atom is 0.338 e. The van der Waals surface area contributed by atoms with Crippen LogP contribution < -0.4 is 4.74 Å². The zero-order valence-corrected chi connectivity index (χ0v) is 19.3. The van der Waals surface area contributed by atoms with Gasteiger partial charge >= 0.3 is 5.97 Å². The van der Waals surface area contributed by atoms with Crippen LogP contribution in [-0.4, -0.2) is 21.3 Å². The van der Waals surface area contributed by atoms with Crippen LogP contribution >= 0.6 is 0 Å². The first-order chi connectivity index (χ1) is 16.8. The van der Waals surface area contributed by atoms with Crippen molar-refractivity contribution in [1.82, 2.24) is 0 Å². The van der Waals surface area contributed by atoms with E-state index in [1.165, 1.54) is 0 Å². The highest BCUT2D eigenvalue weighted by Crippen LogP contribution is 2.43. The normalized spacial score (nSPS) is 11.1. The van der Waals surface area contributed by atoms with Crippen molar-refractivity contribution in [2.75, 3.05) is 0 Å². The molecule has 0 bridgehead atoms. The Hall–Kier alpha value is -4.51. The molecule has 0 aromatic heterocycles. The number of hydrogen-bond donors (Lipinski definition) is 3. The highest BCUT2D eigenvalue weighted by molar-refractivity contribution is 5.88. The summed E-state index contributed by atoms with van der Waals surface area (Å²) in [7, 11) is 0. The van der Waals surface area contributed by atoms with Crippen molar-refractivity contribution in [3.8, 4) is 23.0 Å². The molecular weight excluding hydrogens is 440 g/mol. The third kappa shape index (κ3) is 5.04. The average molecular weight is 467 g/mol. The fraction of sp³-hybridized carbons (Fsp3) is 0.100. The number of carbonyl (C=O) groups is 1. The molecular formula is C30H26O5. The first kappa shape index (κ1) is 23.6. The molecule has 0 aliphatic carbocycles. The van der Waals surface area contributed by atoms with Crippen molar-refractivity contribution in [3.63, 3.8) is 0 Å². The van der Waals surface area contributed by atoms with Crippen LogP contribution in [0.2, 0.25) is 0 Å². The predicted octanol–water partition coefficient (Wildman–Crippen LogP) is 5.86. The van der Waals surface area contributed by atoms with Gasteiger partial charge < -0.3 is 20.1 Å². The van der Waals surface area contributed by atoms with Crippen LogP contribution in [0, 0.1) is 0 Å². The van der Waals surface area contributed by atoms with Gasteiger partial charge in [0.15, 0.2) is 0 Å². The molecule has 3 N–H and O–H groups in total. The van der Waals surface area contributed by atoms with E-state index in [4.69, 9.17) is 4.74 Å². The van der Waals surface area contributed by atoms with Gasteiger partial charge in [0.2, 0.25) is 0 Å². The van der Waals surface area contributed by atoms with E-state index in [0.29, 0.717) is 17.7 Å². The Morgan fingerprint density at radius 3 is 1.46 bits per heavy atom. The Morgan fingerprint density at radius 1 is 0.686 bits per heavy atom. The molecule has 0 aliphatic rings. The van der Waals surface area contributed by atoms with Gasteiger partial charge in [-0.15, -0.1) is 0 Å². The Bertz CT molecular complexity index is 1270. The molecule has 0 atom stereocenters. The van der Waals surface area contributed by atoms with Gasteiger partial charge in [-0.25, -0.2) is 4.79 Å². The standard InChI is InChI=1S/C30H26O5/c1-20(2)29(34)35-28-17-9-24(10-18-28)30(22-5-13-26(32)14-6-22,23-7-15-27(33)16-8-23)19-21-3-11-25(31)12-4-21/h3-18,31-33H,1,19H2,2H3. The predicted molar refractivity (Wildman–Crippen MR) is 135 cm³/mol. The number of hydrogen-bond acceptors (Lipinski definition) is 5. The van der Waals surface area contributed by atoms with Gasteiger partial charge in [-0.3, -0.25) is 0 Å². The monoisotopic (exact) mass is 466 g/mol. The number of phenols is 3. The van der Waals surface area contributed by atoms with E-state index in [9.17, 15) is 20.1 Å². The fourth-order valence-electron chi connectivity index (χ4n) is 4.22. The minimum absolute atomic E-state index is 0.153. The van der Waals surface area contributed by atoms with E-state index in [2.05, 4.69) is 6.58 Å². The topological polar surface area (TPSA) is 87.0 Å². The Morgan fingerprint density at radius 2 is 1.06 bits per heavy atom. The lowest BCUT2D eigenvalue weighted by molar-refractivity contribution is -0.130. The molecule has 0 amide bonds. The molecule has 4 aromatic carbocycles. The van der Waals surface area contributed by atoms with Crippen LogP contribution in [0.15, 0.2) is 109 Å². The molecule has 0 saturated heterocycles. The second-order valence-corrected chi connectivity index (χ2v) is 8.54. The highest BCUT2D eigenvalue weighted by atomic mass is 16.5.